The van der Waals surface area contributed by atoms with Gasteiger partial charge in [-0.25, -0.2) is 4.79 Å². The lowest BCUT2D eigenvalue weighted by atomic mass is 10.0. The van der Waals surface area contributed by atoms with Gasteiger partial charge in [0, 0.05) is 32.7 Å². The molecule has 0 radical (unpaired) electrons. The lowest BCUT2D eigenvalue weighted by molar-refractivity contribution is -0.145. The number of hydrogen-bond acceptors (Lipinski definition) is 7. The molecule has 1 aromatic carbocycles. The minimum Gasteiger partial charge on any atom is -0.467 e. The van der Waals surface area contributed by atoms with Crippen LogP contribution in [0.4, 0.5) is 0 Å². The SMILES string of the molecule is COC(=O)[C@H](CC(C)C)NC(=O)CN1CCN(Cc2ccc3c(c2)OCO3)CC1. The number of benzene rings is 1. The molecule has 0 saturated carbocycles. The summed E-state index contributed by atoms with van der Waals surface area (Å²) in [4.78, 5) is 28.8. The van der Waals surface area contributed by atoms with Gasteiger partial charge in [-0.1, -0.05) is 19.9 Å². The molecule has 160 valence electrons. The monoisotopic (exact) mass is 405 g/mol. The van der Waals surface area contributed by atoms with Gasteiger partial charge in [0.1, 0.15) is 6.04 Å². The number of nitrogens with zero attached hydrogens (tertiary/aromatic N) is 2. The summed E-state index contributed by atoms with van der Waals surface area (Å²) in [6, 6.07) is 5.46. The zero-order valence-electron chi connectivity index (χ0n) is 17.5. The Labute approximate surface area is 172 Å². The fourth-order valence-corrected chi connectivity index (χ4v) is 3.67. The van der Waals surface area contributed by atoms with E-state index in [1.54, 1.807) is 0 Å². The Bertz CT molecular complexity index is 716. The molecule has 0 aromatic heterocycles. The van der Waals surface area contributed by atoms with Crippen molar-refractivity contribution in [1.29, 1.82) is 0 Å². The molecule has 2 aliphatic heterocycles. The lowest BCUT2D eigenvalue weighted by Gasteiger charge is -2.34. The highest BCUT2D eigenvalue weighted by atomic mass is 16.7. The summed E-state index contributed by atoms with van der Waals surface area (Å²) in [5.74, 6) is 1.37. The van der Waals surface area contributed by atoms with Gasteiger partial charge < -0.3 is 19.5 Å². The van der Waals surface area contributed by atoms with E-state index in [4.69, 9.17) is 14.2 Å². The standard InChI is InChI=1S/C21H31N3O5/c1-15(2)10-17(21(26)27-3)22-20(25)13-24-8-6-23(7-9-24)12-16-4-5-18-19(11-16)29-14-28-18/h4-5,11,15,17H,6-10,12-14H2,1-3H3,(H,22,25)/t17-/m0/s1. The predicted molar refractivity (Wildman–Crippen MR) is 108 cm³/mol. The highest BCUT2D eigenvalue weighted by Crippen LogP contribution is 2.32. The van der Waals surface area contributed by atoms with Crippen LogP contribution >= 0.6 is 0 Å². The van der Waals surface area contributed by atoms with Gasteiger partial charge in [-0.15, -0.1) is 0 Å². The molecule has 2 aliphatic rings. The van der Waals surface area contributed by atoms with Crippen LogP contribution in [0.3, 0.4) is 0 Å². The Morgan fingerprint density at radius 3 is 2.48 bits per heavy atom. The molecule has 8 heteroatoms. The van der Waals surface area contributed by atoms with Crippen molar-refractivity contribution < 1.29 is 23.8 Å². The van der Waals surface area contributed by atoms with Crippen LogP contribution in [0.15, 0.2) is 18.2 Å². The summed E-state index contributed by atoms with van der Waals surface area (Å²) in [6.45, 7) is 8.84. The van der Waals surface area contributed by atoms with Gasteiger partial charge in [0.05, 0.1) is 13.7 Å². The first-order valence-electron chi connectivity index (χ1n) is 10.1. The Balaban J connectivity index is 1.43. The number of esters is 1. The van der Waals surface area contributed by atoms with E-state index < -0.39 is 6.04 Å². The molecule has 0 unspecified atom stereocenters. The van der Waals surface area contributed by atoms with Crippen LogP contribution in [-0.4, -0.2) is 74.3 Å². The molecule has 3 rings (SSSR count). The second kappa shape index (κ2) is 9.93. The summed E-state index contributed by atoms with van der Waals surface area (Å²) in [5, 5.41) is 2.83. The molecule has 0 aliphatic carbocycles. The van der Waals surface area contributed by atoms with Crippen molar-refractivity contribution in [2.45, 2.75) is 32.9 Å². The van der Waals surface area contributed by atoms with Crippen molar-refractivity contribution in [3.63, 3.8) is 0 Å². The van der Waals surface area contributed by atoms with Crippen LogP contribution in [0.5, 0.6) is 11.5 Å². The largest absolute Gasteiger partial charge is 0.467 e. The van der Waals surface area contributed by atoms with Crippen molar-refractivity contribution >= 4 is 11.9 Å². The summed E-state index contributed by atoms with van der Waals surface area (Å²) in [6.07, 6.45) is 0.571. The molecular weight excluding hydrogens is 374 g/mol. The van der Waals surface area contributed by atoms with Gasteiger partial charge in [0.2, 0.25) is 12.7 Å². The fraction of sp³-hybridized carbons (Fsp3) is 0.619. The van der Waals surface area contributed by atoms with Crippen molar-refractivity contribution in [3.05, 3.63) is 23.8 Å². The molecule has 1 saturated heterocycles. The predicted octanol–water partition coefficient (Wildman–Crippen LogP) is 1.24. The quantitative estimate of drug-likeness (QED) is 0.652. The summed E-state index contributed by atoms with van der Waals surface area (Å²) in [7, 11) is 1.35. The summed E-state index contributed by atoms with van der Waals surface area (Å²) >= 11 is 0. The number of amides is 1. The van der Waals surface area contributed by atoms with Crippen molar-refractivity contribution in [1.82, 2.24) is 15.1 Å². The molecular formula is C21H31N3O5. The number of methoxy groups -OCH3 is 1. The maximum absolute atomic E-state index is 12.4. The normalized spacial score (nSPS) is 17.9. The summed E-state index contributed by atoms with van der Waals surface area (Å²) in [5.41, 5.74) is 1.19. The van der Waals surface area contributed by atoms with Gasteiger partial charge in [-0.3, -0.25) is 14.6 Å². The molecule has 0 spiro atoms. The Morgan fingerprint density at radius 1 is 1.10 bits per heavy atom. The van der Waals surface area contributed by atoms with Gasteiger partial charge in [0.25, 0.3) is 0 Å². The number of fused-ring (bicyclic) bond motifs is 1. The smallest absolute Gasteiger partial charge is 0.328 e. The highest BCUT2D eigenvalue weighted by molar-refractivity contribution is 5.85. The van der Waals surface area contributed by atoms with Crippen LogP contribution in [0.25, 0.3) is 0 Å². The number of ether oxygens (including phenoxy) is 3. The first-order valence-corrected chi connectivity index (χ1v) is 10.1. The number of nitrogens with one attached hydrogen (secondary N) is 1. The first-order chi connectivity index (χ1) is 13.9. The van der Waals surface area contributed by atoms with Gasteiger partial charge >= 0.3 is 5.97 Å². The molecule has 1 amide bonds. The molecule has 2 heterocycles. The molecule has 29 heavy (non-hydrogen) atoms. The number of hydrogen-bond donors (Lipinski definition) is 1. The molecule has 8 nitrogen and oxygen atoms in total. The van der Waals surface area contributed by atoms with Crippen molar-refractivity contribution in [2.24, 2.45) is 5.92 Å². The second-order valence-electron chi connectivity index (χ2n) is 8.01. The minimum atomic E-state index is -0.584. The van der Waals surface area contributed by atoms with Crippen LogP contribution in [0.1, 0.15) is 25.8 Å². The number of piperazine rings is 1. The van der Waals surface area contributed by atoms with Crippen LogP contribution in [0.2, 0.25) is 0 Å². The Kier molecular flexibility index (Phi) is 7.33. The lowest BCUT2D eigenvalue weighted by Crippen LogP contribution is -2.51. The topological polar surface area (TPSA) is 80.3 Å². The van der Waals surface area contributed by atoms with Crippen LogP contribution < -0.4 is 14.8 Å². The minimum absolute atomic E-state index is 0.134. The van der Waals surface area contributed by atoms with E-state index in [0.717, 1.165) is 44.2 Å². The maximum Gasteiger partial charge on any atom is 0.328 e. The van der Waals surface area contributed by atoms with Crippen LogP contribution in [0, 0.1) is 5.92 Å². The summed E-state index contributed by atoms with van der Waals surface area (Å²) < 4.78 is 15.6. The second-order valence-corrected chi connectivity index (χ2v) is 8.01. The van der Waals surface area contributed by atoms with E-state index >= 15 is 0 Å². The number of carbonyl (C=O) groups excluding carboxylic acids is 2. The Hall–Kier alpha value is -2.32. The first kappa shape index (κ1) is 21.4. The highest BCUT2D eigenvalue weighted by Gasteiger charge is 2.25. The van der Waals surface area contributed by atoms with Gasteiger partial charge in [-0.05, 0) is 30.0 Å². The van der Waals surface area contributed by atoms with Crippen molar-refractivity contribution in [2.75, 3.05) is 46.6 Å². The zero-order valence-corrected chi connectivity index (χ0v) is 17.5. The Morgan fingerprint density at radius 2 is 1.79 bits per heavy atom. The van der Waals surface area contributed by atoms with E-state index in [0.29, 0.717) is 18.9 Å². The molecule has 1 fully saturated rings. The third-order valence-electron chi connectivity index (χ3n) is 5.20. The molecule has 0 bridgehead atoms. The van der Waals surface area contributed by atoms with E-state index in [1.165, 1.54) is 12.7 Å². The third kappa shape index (κ3) is 6.08. The zero-order chi connectivity index (χ0) is 20.8. The molecule has 1 aromatic rings. The third-order valence-corrected chi connectivity index (χ3v) is 5.20. The van der Waals surface area contributed by atoms with Crippen molar-refractivity contribution in [3.8, 4) is 11.5 Å². The number of rotatable bonds is 8. The van der Waals surface area contributed by atoms with E-state index in [1.807, 2.05) is 26.0 Å². The van der Waals surface area contributed by atoms with Gasteiger partial charge in [-0.2, -0.15) is 0 Å². The molecule has 1 atom stereocenters. The average molecular weight is 405 g/mol. The van der Waals surface area contributed by atoms with E-state index in [9.17, 15) is 9.59 Å². The molecule has 1 N–H and O–H groups in total. The maximum atomic E-state index is 12.4. The number of carbonyl (C=O) groups is 2. The fourth-order valence-electron chi connectivity index (χ4n) is 3.67. The van der Waals surface area contributed by atoms with Gasteiger partial charge in [0.15, 0.2) is 11.5 Å². The van der Waals surface area contributed by atoms with Crippen LogP contribution in [-0.2, 0) is 20.9 Å². The average Bonchev–Trinajstić information content (AvgIpc) is 3.16. The van der Waals surface area contributed by atoms with E-state index in [2.05, 4.69) is 21.2 Å². The van der Waals surface area contributed by atoms with E-state index in [-0.39, 0.29) is 18.7 Å².